The highest BCUT2D eigenvalue weighted by molar-refractivity contribution is 6.31. The van der Waals surface area contributed by atoms with Crippen LogP contribution >= 0.6 is 11.6 Å². The van der Waals surface area contributed by atoms with Crippen molar-refractivity contribution < 1.29 is 4.79 Å². The van der Waals surface area contributed by atoms with Crippen LogP contribution in [-0.2, 0) is 11.8 Å². The highest BCUT2D eigenvalue weighted by atomic mass is 35.5. The van der Waals surface area contributed by atoms with Gasteiger partial charge in [-0.05, 0) is 24.6 Å². The fourth-order valence-electron chi connectivity index (χ4n) is 2.93. The number of nitrogens with zero attached hydrogens (tertiary/aromatic N) is 4. The summed E-state index contributed by atoms with van der Waals surface area (Å²) >= 11 is 6.09. The molecule has 1 aliphatic rings. The third kappa shape index (κ3) is 4.23. The van der Waals surface area contributed by atoms with E-state index in [0.29, 0.717) is 11.6 Å². The Balaban J connectivity index is 1.53. The summed E-state index contributed by atoms with van der Waals surface area (Å²) in [5.41, 5.74) is 2.31. The molecule has 1 aromatic heterocycles. The smallest absolute Gasteiger partial charge is 0.268 e. The first-order valence-corrected chi connectivity index (χ1v) is 8.87. The number of hydrogen-bond donors (Lipinski definition) is 1. The Labute approximate surface area is 157 Å². The summed E-state index contributed by atoms with van der Waals surface area (Å²) in [5.74, 6) is -0.0564. The fraction of sp³-hybridized carbons (Fsp3) is 0.389. The molecule has 3 rings (SSSR count). The van der Waals surface area contributed by atoms with E-state index in [4.69, 9.17) is 11.6 Å². The van der Waals surface area contributed by atoms with Crippen LogP contribution in [0.1, 0.15) is 5.56 Å². The number of aromatic nitrogens is 2. The minimum Gasteiger partial charge on any atom is -0.368 e. The van der Waals surface area contributed by atoms with Crippen molar-refractivity contribution in [3.63, 3.8) is 0 Å². The lowest BCUT2D eigenvalue weighted by Crippen LogP contribution is -2.49. The standard InChI is InChI=1S/C18H22ClN5O2/c1-13-15(19)4-3-5-16(13)21-17(25)12-23-6-8-24(9-7-23)14-10-18(26)22(2)20-11-14/h3-5,10-11H,6-9,12H2,1-2H3,(H,21,25). The Hall–Kier alpha value is -2.38. The number of hydrogen-bond acceptors (Lipinski definition) is 5. The molecule has 0 saturated carbocycles. The topological polar surface area (TPSA) is 70.5 Å². The van der Waals surface area contributed by atoms with Gasteiger partial charge in [0.05, 0.1) is 18.4 Å². The summed E-state index contributed by atoms with van der Waals surface area (Å²) < 4.78 is 1.31. The van der Waals surface area contributed by atoms with E-state index in [2.05, 4.69) is 20.2 Å². The van der Waals surface area contributed by atoms with Crippen LogP contribution in [0.4, 0.5) is 11.4 Å². The Morgan fingerprint density at radius 3 is 2.69 bits per heavy atom. The summed E-state index contributed by atoms with van der Waals surface area (Å²) in [6.45, 7) is 5.20. The number of nitrogens with one attached hydrogen (secondary N) is 1. The molecule has 26 heavy (non-hydrogen) atoms. The molecule has 138 valence electrons. The van der Waals surface area contributed by atoms with E-state index in [1.807, 2.05) is 19.1 Å². The number of halogens is 1. The monoisotopic (exact) mass is 375 g/mol. The van der Waals surface area contributed by atoms with E-state index in [0.717, 1.165) is 43.1 Å². The number of carbonyl (C=O) groups excluding carboxylic acids is 1. The van der Waals surface area contributed by atoms with Gasteiger partial charge in [-0.25, -0.2) is 4.68 Å². The molecule has 8 heteroatoms. The number of piperazine rings is 1. The molecule has 1 amide bonds. The molecule has 1 saturated heterocycles. The summed E-state index contributed by atoms with van der Waals surface area (Å²) in [6.07, 6.45) is 1.70. The number of carbonyl (C=O) groups is 1. The molecule has 0 aliphatic carbocycles. The van der Waals surface area contributed by atoms with Gasteiger partial charge in [0, 0.05) is 50.0 Å². The van der Waals surface area contributed by atoms with Crippen LogP contribution < -0.4 is 15.8 Å². The molecule has 2 aromatic rings. The number of benzene rings is 1. The maximum Gasteiger partial charge on any atom is 0.268 e. The van der Waals surface area contributed by atoms with Crippen LogP contribution in [0.15, 0.2) is 35.3 Å². The molecule has 0 spiro atoms. The number of amides is 1. The second kappa shape index (κ2) is 7.88. The molecule has 0 bridgehead atoms. The number of rotatable bonds is 4. The van der Waals surface area contributed by atoms with Crippen molar-refractivity contribution in [3.05, 3.63) is 51.4 Å². The largest absolute Gasteiger partial charge is 0.368 e. The van der Waals surface area contributed by atoms with Crippen molar-refractivity contribution in [2.75, 3.05) is 42.9 Å². The minimum absolute atomic E-state index is 0.0564. The molecule has 1 fully saturated rings. The average Bonchev–Trinajstić information content (AvgIpc) is 2.62. The van der Waals surface area contributed by atoms with Gasteiger partial charge in [0.25, 0.3) is 5.56 Å². The van der Waals surface area contributed by atoms with E-state index in [9.17, 15) is 9.59 Å². The van der Waals surface area contributed by atoms with Crippen LogP contribution in [0, 0.1) is 6.92 Å². The molecule has 2 heterocycles. The van der Waals surface area contributed by atoms with Crippen LogP contribution in [0.2, 0.25) is 5.02 Å². The second-order valence-electron chi connectivity index (χ2n) is 6.40. The van der Waals surface area contributed by atoms with Crippen LogP contribution in [0.25, 0.3) is 0 Å². The summed E-state index contributed by atoms with van der Waals surface area (Å²) in [6, 6.07) is 7.07. The lowest BCUT2D eigenvalue weighted by molar-refractivity contribution is -0.117. The van der Waals surface area contributed by atoms with E-state index in [1.165, 1.54) is 4.68 Å². The van der Waals surface area contributed by atoms with Gasteiger partial charge in [-0.3, -0.25) is 14.5 Å². The molecular weight excluding hydrogens is 354 g/mol. The van der Waals surface area contributed by atoms with Crippen LogP contribution in [0.5, 0.6) is 0 Å². The van der Waals surface area contributed by atoms with Crippen molar-refractivity contribution >= 4 is 28.9 Å². The number of anilines is 2. The zero-order valence-electron chi connectivity index (χ0n) is 14.9. The molecule has 7 nitrogen and oxygen atoms in total. The molecule has 1 aromatic carbocycles. The molecule has 0 unspecified atom stereocenters. The first-order valence-electron chi connectivity index (χ1n) is 8.49. The average molecular weight is 376 g/mol. The lowest BCUT2D eigenvalue weighted by Gasteiger charge is -2.35. The zero-order chi connectivity index (χ0) is 18.7. The lowest BCUT2D eigenvalue weighted by atomic mass is 10.2. The molecule has 0 atom stereocenters. The highest BCUT2D eigenvalue weighted by Crippen LogP contribution is 2.23. The van der Waals surface area contributed by atoms with Crippen molar-refractivity contribution in [2.45, 2.75) is 6.92 Å². The van der Waals surface area contributed by atoms with Gasteiger partial charge in [0.2, 0.25) is 5.91 Å². The Morgan fingerprint density at radius 1 is 1.27 bits per heavy atom. The first-order chi connectivity index (χ1) is 12.4. The maximum atomic E-state index is 12.3. The van der Waals surface area contributed by atoms with Gasteiger partial charge in [-0.15, -0.1) is 0 Å². The van der Waals surface area contributed by atoms with Gasteiger partial charge in [-0.2, -0.15) is 5.10 Å². The van der Waals surface area contributed by atoms with Gasteiger partial charge in [-0.1, -0.05) is 17.7 Å². The Bertz CT molecular complexity index is 859. The van der Waals surface area contributed by atoms with E-state index in [-0.39, 0.29) is 11.5 Å². The summed E-state index contributed by atoms with van der Waals surface area (Å²) in [7, 11) is 1.63. The van der Waals surface area contributed by atoms with Gasteiger partial charge >= 0.3 is 0 Å². The highest BCUT2D eigenvalue weighted by Gasteiger charge is 2.20. The predicted molar refractivity (Wildman–Crippen MR) is 103 cm³/mol. The normalized spacial score (nSPS) is 15.1. The Kier molecular flexibility index (Phi) is 5.58. The van der Waals surface area contributed by atoms with Crippen LogP contribution in [0.3, 0.4) is 0 Å². The first kappa shape index (κ1) is 18.4. The Morgan fingerprint density at radius 2 is 2.00 bits per heavy atom. The SMILES string of the molecule is Cc1c(Cl)cccc1NC(=O)CN1CCN(c2cnn(C)c(=O)c2)CC1. The molecule has 1 N–H and O–H groups in total. The zero-order valence-corrected chi connectivity index (χ0v) is 15.7. The van der Waals surface area contributed by atoms with Gasteiger partial charge < -0.3 is 10.2 Å². The minimum atomic E-state index is -0.124. The van der Waals surface area contributed by atoms with Crippen molar-refractivity contribution in [1.82, 2.24) is 14.7 Å². The molecule has 1 aliphatic heterocycles. The number of aryl methyl sites for hydroxylation is 1. The summed E-state index contributed by atoms with van der Waals surface area (Å²) in [5, 5.41) is 7.62. The predicted octanol–water partition coefficient (Wildman–Crippen LogP) is 1.50. The van der Waals surface area contributed by atoms with Crippen molar-refractivity contribution in [2.24, 2.45) is 7.05 Å². The van der Waals surface area contributed by atoms with Crippen molar-refractivity contribution in [3.8, 4) is 0 Å². The second-order valence-corrected chi connectivity index (χ2v) is 6.81. The van der Waals surface area contributed by atoms with Gasteiger partial charge in [0.15, 0.2) is 0 Å². The fourth-order valence-corrected chi connectivity index (χ4v) is 3.11. The van der Waals surface area contributed by atoms with E-state index in [1.54, 1.807) is 25.4 Å². The molecular formula is C18H22ClN5O2. The third-order valence-corrected chi connectivity index (χ3v) is 5.01. The van der Waals surface area contributed by atoms with E-state index >= 15 is 0 Å². The van der Waals surface area contributed by atoms with Gasteiger partial charge in [0.1, 0.15) is 0 Å². The van der Waals surface area contributed by atoms with Crippen LogP contribution in [-0.4, -0.2) is 53.3 Å². The summed E-state index contributed by atoms with van der Waals surface area (Å²) in [4.78, 5) is 28.2. The maximum absolute atomic E-state index is 12.3. The molecule has 0 radical (unpaired) electrons. The third-order valence-electron chi connectivity index (χ3n) is 4.60. The quantitative estimate of drug-likeness (QED) is 0.877. The van der Waals surface area contributed by atoms with Crippen molar-refractivity contribution in [1.29, 1.82) is 0 Å². The van der Waals surface area contributed by atoms with E-state index < -0.39 is 0 Å².